The van der Waals surface area contributed by atoms with Crippen molar-refractivity contribution in [1.82, 2.24) is 0 Å². The summed E-state index contributed by atoms with van der Waals surface area (Å²) < 4.78 is 0. The number of nitrogens with one attached hydrogen (secondary N) is 2. The van der Waals surface area contributed by atoms with Crippen LogP contribution in [-0.2, 0) is 9.59 Å². The fourth-order valence-electron chi connectivity index (χ4n) is 3.38. The van der Waals surface area contributed by atoms with Gasteiger partial charge in [-0.15, -0.1) is 0 Å². The lowest BCUT2D eigenvalue weighted by molar-refractivity contribution is -0.125. The molecular formula is C21H23ClN2O2. The molecule has 3 rings (SSSR count). The Morgan fingerprint density at radius 3 is 2.12 bits per heavy atom. The molecule has 2 amide bonds. The fourth-order valence-corrected chi connectivity index (χ4v) is 3.57. The van der Waals surface area contributed by atoms with Gasteiger partial charge in [-0.2, -0.15) is 0 Å². The van der Waals surface area contributed by atoms with Crippen LogP contribution >= 0.6 is 11.6 Å². The van der Waals surface area contributed by atoms with Gasteiger partial charge in [0.25, 0.3) is 0 Å². The van der Waals surface area contributed by atoms with Gasteiger partial charge < -0.3 is 10.6 Å². The quantitative estimate of drug-likeness (QED) is 0.792. The number of amides is 2. The van der Waals surface area contributed by atoms with E-state index in [9.17, 15) is 9.59 Å². The summed E-state index contributed by atoms with van der Waals surface area (Å²) >= 11 is 5.95. The van der Waals surface area contributed by atoms with Crippen LogP contribution in [0.25, 0.3) is 0 Å². The van der Waals surface area contributed by atoms with E-state index in [1.165, 1.54) is 0 Å². The van der Waals surface area contributed by atoms with Crippen molar-refractivity contribution in [1.29, 1.82) is 0 Å². The van der Waals surface area contributed by atoms with Crippen molar-refractivity contribution in [2.24, 2.45) is 11.8 Å². The minimum atomic E-state index is -0.0588. The van der Waals surface area contributed by atoms with E-state index < -0.39 is 0 Å². The zero-order chi connectivity index (χ0) is 18.5. The first-order valence-corrected chi connectivity index (χ1v) is 9.33. The van der Waals surface area contributed by atoms with Crippen molar-refractivity contribution >= 4 is 34.8 Å². The lowest BCUT2D eigenvalue weighted by Gasteiger charge is -2.27. The third-order valence-electron chi connectivity index (χ3n) is 4.96. The molecule has 0 aromatic heterocycles. The molecule has 0 radical (unpaired) electrons. The van der Waals surface area contributed by atoms with E-state index >= 15 is 0 Å². The van der Waals surface area contributed by atoms with Gasteiger partial charge in [0.05, 0.1) is 0 Å². The van der Waals surface area contributed by atoms with Gasteiger partial charge in [0, 0.05) is 28.2 Å². The highest BCUT2D eigenvalue weighted by Crippen LogP contribution is 2.31. The number of aryl methyl sites for hydroxylation is 1. The van der Waals surface area contributed by atoms with Crippen molar-refractivity contribution in [3.05, 3.63) is 59.1 Å². The van der Waals surface area contributed by atoms with Gasteiger partial charge in [0.2, 0.25) is 11.8 Å². The molecule has 0 unspecified atom stereocenters. The van der Waals surface area contributed by atoms with Gasteiger partial charge in [-0.3, -0.25) is 9.59 Å². The molecule has 1 aliphatic rings. The van der Waals surface area contributed by atoms with Crippen LogP contribution in [0.5, 0.6) is 0 Å². The summed E-state index contributed by atoms with van der Waals surface area (Å²) in [6.07, 6.45) is 2.90. The van der Waals surface area contributed by atoms with Gasteiger partial charge in [0.1, 0.15) is 0 Å². The highest BCUT2D eigenvalue weighted by molar-refractivity contribution is 6.30. The third kappa shape index (κ3) is 4.64. The third-order valence-corrected chi connectivity index (χ3v) is 5.20. The summed E-state index contributed by atoms with van der Waals surface area (Å²) in [5.41, 5.74) is 2.62. The maximum Gasteiger partial charge on any atom is 0.227 e. The van der Waals surface area contributed by atoms with Gasteiger partial charge in [-0.1, -0.05) is 35.9 Å². The molecule has 0 spiro atoms. The number of carbonyl (C=O) groups excluding carboxylic acids is 2. The number of hydrogen-bond acceptors (Lipinski definition) is 2. The van der Waals surface area contributed by atoms with Crippen molar-refractivity contribution < 1.29 is 9.59 Å². The first kappa shape index (κ1) is 18.5. The number of halogens is 1. The second kappa shape index (κ2) is 8.37. The van der Waals surface area contributed by atoms with Crippen LogP contribution in [0.1, 0.15) is 31.2 Å². The van der Waals surface area contributed by atoms with Gasteiger partial charge in [-0.25, -0.2) is 0 Å². The summed E-state index contributed by atoms with van der Waals surface area (Å²) in [5, 5.41) is 6.53. The molecule has 2 aromatic carbocycles. The second-order valence-corrected chi connectivity index (χ2v) is 7.29. The summed E-state index contributed by atoms with van der Waals surface area (Å²) in [4.78, 5) is 24.9. The Hall–Kier alpha value is -2.33. The summed E-state index contributed by atoms with van der Waals surface area (Å²) in [6, 6.07) is 14.9. The van der Waals surface area contributed by atoms with Gasteiger partial charge >= 0.3 is 0 Å². The Bertz CT molecular complexity index is 798. The Morgan fingerprint density at radius 1 is 0.885 bits per heavy atom. The highest BCUT2D eigenvalue weighted by Gasteiger charge is 2.30. The average molecular weight is 371 g/mol. The number of hydrogen-bond donors (Lipinski definition) is 2. The molecule has 0 aliphatic heterocycles. The number of rotatable bonds is 4. The van der Waals surface area contributed by atoms with Crippen molar-refractivity contribution in [3.8, 4) is 0 Å². The molecule has 1 fully saturated rings. The van der Waals surface area contributed by atoms with E-state index in [4.69, 9.17) is 11.6 Å². The number of carbonyl (C=O) groups is 2. The molecule has 26 heavy (non-hydrogen) atoms. The molecule has 0 atom stereocenters. The lowest BCUT2D eigenvalue weighted by atomic mass is 9.81. The maximum absolute atomic E-state index is 12.5. The van der Waals surface area contributed by atoms with Crippen LogP contribution in [0, 0.1) is 18.8 Å². The normalized spacial score (nSPS) is 19.6. The first-order chi connectivity index (χ1) is 12.5. The van der Waals surface area contributed by atoms with Crippen molar-refractivity contribution in [2.75, 3.05) is 10.6 Å². The molecule has 4 nitrogen and oxygen atoms in total. The Morgan fingerprint density at radius 2 is 1.50 bits per heavy atom. The monoisotopic (exact) mass is 370 g/mol. The minimum Gasteiger partial charge on any atom is -0.326 e. The summed E-state index contributed by atoms with van der Waals surface area (Å²) in [7, 11) is 0. The second-order valence-electron chi connectivity index (χ2n) is 6.85. The van der Waals surface area contributed by atoms with Crippen LogP contribution in [0.3, 0.4) is 0 Å². The topological polar surface area (TPSA) is 58.2 Å². The predicted octanol–water partition coefficient (Wildman–Crippen LogP) is 5.03. The first-order valence-electron chi connectivity index (χ1n) is 8.96. The smallest absolute Gasteiger partial charge is 0.227 e. The van der Waals surface area contributed by atoms with E-state index in [1.54, 1.807) is 12.1 Å². The summed E-state index contributed by atoms with van der Waals surface area (Å²) in [6.45, 7) is 1.98. The van der Waals surface area contributed by atoms with E-state index in [2.05, 4.69) is 10.6 Å². The molecule has 0 heterocycles. The molecule has 1 aliphatic carbocycles. The molecule has 0 bridgehead atoms. The average Bonchev–Trinajstić information content (AvgIpc) is 2.64. The van der Waals surface area contributed by atoms with Crippen LogP contribution < -0.4 is 10.6 Å². The molecular weight excluding hydrogens is 348 g/mol. The van der Waals surface area contributed by atoms with Crippen LogP contribution in [0.4, 0.5) is 11.4 Å². The molecule has 2 aromatic rings. The van der Waals surface area contributed by atoms with E-state index in [0.29, 0.717) is 10.7 Å². The number of benzene rings is 2. The Kier molecular flexibility index (Phi) is 5.94. The fraction of sp³-hybridized carbons (Fsp3) is 0.333. The predicted molar refractivity (Wildman–Crippen MR) is 105 cm³/mol. The Labute approximate surface area is 158 Å². The van der Waals surface area contributed by atoms with Crippen molar-refractivity contribution in [3.63, 3.8) is 0 Å². The highest BCUT2D eigenvalue weighted by atomic mass is 35.5. The van der Waals surface area contributed by atoms with Gasteiger partial charge in [0.15, 0.2) is 0 Å². The standard InChI is InChI=1S/C21H23ClN2O2/c1-14-5-2-3-8-19(14)24-21(26)16-11-9-15(10-12-16)20(25)23-18-7-4-6-17(22)13-18/h2-8,13,15-16H,9-12H2,1H3,(H,23,25)(H,24,26). The van der Waals surface area contributed by atoms with Crippen LogP contribution in [0.15, 0.2) is 48.5 Å². The summed E-state index contributed by atoms with van der Waals surface area (Å²) in [5.74, 6) is -0.0423. The van der Waals surface area contributed by atoms with Crippen LogP contribution in [-0.4, -0.2) is 11.8 Å². The molecule has 5 heteroatoms. The molecule has 2 N–H and O–H groups in total. The van der Waals surface area contributed by atoms with Gasteiger partial charge in [-0.05, 0) is 62.4 Å². The van der Waals surface area contributed by atoms with E-state index in [1.807, 2.05) is 43.3 Å². The zero-order valence-corrected chi connectivity index (χ0v) is 15.6. The largest absolute Gasteiger partial charge is 0.326 e. The maximum atomic E-state index is 12.5. The van der Waals surface area contributed by atoms with Crippen molar-refractivity contribution in [2.45, 2.75) is 32.6 Å². The number of anilines is 2. The molecule has 136 valence electrons. The van der Waals surface area contributed by atoms with E-state index in [-0.39, 0.29) is 23.7 Å². The Balaban J connectivity index is 1.51. The zero-order valence-electron chi connectivity index (χ0n) is 14.8. The molecule has 1 saturated carbocycles. The molecule has 0 saturated heterocycles. The SMILES string of the molecule is Cc1ccccc1NC(=O)C1CCC(C(=O)Nc2cccc(Cl)c2)CC1. The van der Waals surface area contributed by atoms with E-state index in [0.717, 1.165) is 36.9 Å². The van der Waals surface area contributed by atoms with Crippen LogP contribution in [0.2, 0.25) is 5.02 Å². The number of para-hydroxylation sites is 1. The minimum absolute atomic E-state index is 0.00466. The lowest BCUT2D eigenvalue weighted by Crippen LogP contribution is -2.32.